The van der Waals surface area contributed by atoms with Gasteiger partial charge in [-0.2, -0.15) is 0 Å². The minimum Gasteiger partial charge on any atom is -0.494 e. The lowest BCUT2D eigenvalue weighted by molar-refractivity contribution is 0.340. The van der Waals surface area contributed by atoms with Gasteiger partial charge in [0.2, 0.25) is 0 Å². The molecule has 33 heavy (non-hydrogen) atoms. The van der Waals surface area contributed by atoms with E-state index >= 15 is 0 Å². The van der Waals surface area contributed by atoms with Gasteiger partial charge in [0.05, 0.1) is 18.3 Å². The minimum absolute atomic E-state index is 0.180. The second-order valence-electron chi connectivity index (χ2n) is 7.70. The highest BCUT2D eigenvalue weighted by Gasteiger charge is 2.42. The minimum atomic E-state index is -0.285. The Morgan fingerprint density at radius 3 is 2.42 bits per heavy atom. The highest BCUT2D eigenvalue weighted by atomic mass is 32.1. The van der Waals surface area contributed by atoms with Crippen molar-refractivity contribution in [1.82, 2.24) is 14.9 Å². The third-order valence-electron chi connectivity index (χ3n) is 5.71. The van der Waals surface area contributed by atoms with Gasteiger partial charge in [0.25, 0.3) is 0 Å². The van der Waals surface area contributed by atoms with E-state index in [0.717, 1.165) is 28.5 Å². The molecular formula is C26H23FN4OS. The van der Waals surface area contributed by atoms with Crippen molar-refractivity contribution in [1.29, 1.82) is 0 Å². The van der Waals surface area contributed by atoms with Gasteiger partial charge in [-0.05, 0) is 91.9 Å². The van der Waals surface area contributed by atoms with Crippen molar-refractivity contribution in [3.63, 3.8) is 0 Å². The number of thiocarbonyl (C=S) groups is 1. The molecule has 2 aromatic carbocycles. The first-order chi connectivity index (χ1) is 16.2. The SMILES string of the molecule is CCOc1ccc(-n2cccc2[C@@H]2[C@@H](c3ccccn3)NC(=S)N2c2ccc(F)cc2)cc1. The van der Waals surface area contributed by atoms with E-state index in [-0.39, 0.29) is 17.9 Å². The Bertz CT molecular complexity index is 1240. The molecule has 3 heterocycles. The van der Waals surface area contributed by atoms with Gasteiger partial charge in [-0.15, -0.1) is 0 Å². The standard InChI is InChI=1S/C26H23FN4OS/c1-2-32-21-14-12-19(13-15-21)30-17-5-7-23(30)25-24(22-6-3-4-16-28-22)29-26(33)31(25)20-10-8-18(27)9-11-20/h3-17,24-25H,2H2,1H3,(H,29,33)/t24-,25-/m1/s1. The molecule has 4 aromatic rings. The van der Waals surface area contributed by atoms with Crippen LogP contribution in [0, 0.1) is 5.82 Å². The fourth-order valence-electron chi connectivity index (χ4n) is 4.28. The first-order valence-electron chi connectivity index (χ1n) is 10.8. The van der Waals surface area contributed by atoms with Gasteiger partial charge < -0.3 is 19.5 Å². The first kappa shape index (κ1) is 21.2. The molecule has 1 fully saturated rings. The summed E-state index contributed by atoms with van der Waals surface area (Å²) in [5, 5.41) is 4.02. The zero-order valence-electron chi connectivity index (χ0n) is 18.1. The Kier molecular flexibility index (Phi) is 5.79. The topological polar surface area (TPSA) is 42.3 Å². The molecular weight excluding hydrogens is 435 g/mol. The lowest BCUT2D eigenvalue weighted by Gasteiger charge is -2.29. The molecule has 0 saturated carbocycles. The van der Waals surface area contributed by atoms with Gasteiger partial charge in [0.1, 0.15) is 17.6 Å². The third-order valence-corrected chi connectivity index (χ3v) is 6.03. The van der Waals surface area contributed by atoms with E-state index in [2.05, 4.69) is 20.9 Å². The van der Waals surface area contributed by atoms with Crippen molar-refractivity contribution in [3.8, 4) is 11.4 Å². The van der Waals surface area contributed by atoms with Gasteiger partial charge in [-0.3, -0.25) is 4.98 Å². The van der Waals surface area contributed by atoms with E-state index in [1.165, 1.54) is 12.1 Å². The molecule has 166 valence electrons. The molecule has 5 nitrogen and oxygen atoms in total. The number of ether oxygens (including phenoxy) is 1. The lowest BCUT2D eigenvalue weighted by atomic mass is 10.0. The van der Waals surface area contributed by atoms with Crippen LogP contribution in [-0.2, 0) is 0 Å². The van der Waals surface area contributed by atoms with Gasteiger partial charge in [-0.1, -0.05) is 6.07 Å². The molecule has 0 unspecified atom stereocenters. The number of aromatic nitrogens is 2. The molecule has 0 aliphatic carbocycles. The molecule has 0 bridgehead atoms. The van der Waals surface area contributed by atoms with E-state index < -0.39 is 0 Å². The molecule has 1 saturated heterocycles. The monoisotopic (exact) mass is 458 g/mol. The summed E-state index contributed by atoms with van der Waals surface area (Å²) < 4.78 is 21.4. The highest BCUT2D eigenvalue weighted by Crippen LogP contribution is 2.42. The van der Waals surface area contributed by atoms with Gasteiger partial charge in [-0.25, -0.2) is 4.39 Å². The van der Waals surface area contributed by atoms with E-state index in [1.54, 1.807) is 18.3 Å². The van der Waals surface area contributed by atoms with Crippen LogP contribution in [0.25, 0.3) is 5.69 Å². The summed E-state index contributed by atoms with van der Waals surface area (Å²) in [5.74, 6) is 0.547. The number of nitrogens with one attached hydrogen (secondary N) is 1. The second-order valence-corrected chi connectivity index (χ2v) is 8.09. The van der Waals surface area contributed by atoms with Crippen LogP contribution in [-0.4, -0.2) is 21.3 Å². The summed E-state index contributed by atoms with van der Waals surface area (Å²) in [5.41, 5.74) is 3.74. The molecule has 1 aliphatic heterocycles. The lowest BCUT2D eigenvalue weighted by Crippen LogP contribution is -2.30. The fraction of sp³-hybridized carbons (Fsp3) is 0.154. The maximum Gasteiger partial charge on any atom is 0.174 e. The number of anilines is 1. The molecule has 1 aliphatic rings. The zero-order chi connectivity index (χ0) is 22.8. The van der Waals surface area contributed by atoms with Gasteiger partial charge in [0.15, 0.2) is 5.11 Å². The molecule has 0 amide bonds. The maximum absolute atomic E-state index is 13.7. The Hall–Kier alpha value is -3.71. The van der Waals surface area contributed by atoms with Crippen LogP contribution in [0.2, 0.25) is 0 Å². The van der Waals surface area contributed by atoms with Crippen molar-refractivity contribution >= 4 is 23.0 Å². The van der Waals surface area contributed by atoms with Crippen LogP contribution in [0.1, 0.15) is 30.4 Å². The van der Waals surface area contributed by atoms with E-state index in [1.807, 2.05) is 66.6 Å². The number of hydrogen-bond acceptors (Lipinski definition) is 3. The number of pyridine rings is 1. The van der Waals surface area contributed by atoms with E-state index in [0.29, 0.717) is 11.7 Å². The van der Waals surface area contributed by atoms with Crippen LogP contribution in [0.15, 0.2) is 91.3 Å². The quantitative estimate of drug-likeness (QED) is 0.382. The van der Waals surface area contributed by atoms with Crippen molar-refractivity contribution in [2.24, 2.45) is 0 Å². The molecule has 2 atom stereocenters. The summed E-state index contributed by atoms with van der Waals surface area (Å²) >= 11 is 5.76. The Balaban J connectivity index is 1.61. The van der Waals surface area contributed by atoms with Crippen LogP contribution in [0.3, 0.4) is 0 Å². The summed E-state index contributed by atoms with van der Waals surface area (Å²) in [4.78, 5) is 6.63. The van der Waals surface area contributed by atoms with Gasteiger partial charge >= 0.3 is 0 Å². The average Bonchev–Trinajstić information content (AvgIpc) is 3.45. The Labute approximate surface area is 197 Å². The van der Waals surface area contributed by atoms with Crippen molar-refractivity contribution < 1.29 is 9.13 Å². The zero-order valence-corrected chi connectivity index (χ0v) is 18.9. The molecule has 0 radical (unpaired) electrons. The van der Waals surface area contributed by atoms with Crippen molar-refractivity contribution in [2.45, 2.75) is 19.0 Å². The summed E-state index contributed by atoms with van der Waals surface area (Å²) in [6.45, 7) is 2.59. The summed E-state index contributed by atoms with van der Waals surface area (Å²) in [6, 6.07) is 24.0. The van der Waals surface area contributed by atoms with Crippen LogP contribution in [0.4, 0.5) is 10.1 Å². The summed E-state index contributed by atoms with van der Waals surface area (Å²) in [6.07, 6.45) is 3.81. The van der Waals surface area contributed by atoms with Crippen LogP contribution in [0.5, 0.6) is 5.75 Å². The average molecular weight is 459 g/mol. The summed E-state index contributed by atoms with van der Waals surface area (Å²) in [7, 11) is 0. The predicted molar refractivity (Wildman–Crippen MR) is 131 cm³/mol. The van der Waals surface area contributed by atoms with Crippen LogP contribution >= 0.6 is 12.2 Å². The Morgan fingerprint density at radius 2 is 1.73 bits per heavy atom. The second kappa shape index (κ2) is 9.03. The number of benzene rings is 2. The van der Waals surface area contributed by atoms with Crippen LogP contribution < -0.4 is 15.0 Å². The third kappa shape index (κ3) is 4.07. The Morgan fingerprint density at radius 1 is 0.970 bits per heavy atom. The molecule has 5 rings (SSSR count). The van der Waals surface area contributed by atoms with E-state index in [4.69, 9.17) is 17.0 Å². The number of rotatable bonds is 6. The van der Waals surface area contributed by atoms with Crippen molar-refractivity contribution in [2.75, 3.05) is 11.5 Å². The normalized spacial score (nSPS) is 17.8. The fourth-order valence-corrected chi connectivity index (χ4v) is 4.62. The maximum atomic E-state index is 13.7. The number of hydrogen-bond donors (Lipinski definition) is 1. The van der Waals surface area contributed by atoms with Gasteiger partial charge in [0, 0.05) is 29.5 Å². The smallest absolute Gasteiger partial charge is 0.174 e. The first-order valence-corrected chi connectivity index (χ1v) is 11.2. The molecule has 1 N–H and O–H groups in total. The predicted octanol–water partition coefficient (Wildman–Crippen LogP) is 5.59. The largest absolute Gasteiger partial charge is 0.494 e. The highest BCUT2D eigenvalue weighted by molar-refractivity contribution is 7.80. The molecule has 2 aromatic heterocycles. The number of nitrogens with zero attached hydrogens (tertiary/aromatic N) is 3. The number of halogens is 1. The van der Waals surface area contributed by atoms with E-state index in [9.17, 15) is 4.39 Å². The van der Waals surface area contributed by atoms with Crippen molar-refractivity contribution in [3.05, 3.63) is 108 Å². The molecule has 0 spiro atoms. The molecule has 7 heteroatoms.